The zero-order valence-electron chi connectivity index (χ0n) is 11.9. The van der Waals surface area contributed by atoms with Crippen molar-refractivity contribution in [1.29, 1.82) is 5.26 Å². The predicted octanol–water partition coefficient (Wildman–Crippen LogP) is 2.99. The smallest absolute Gasteiger partial charge is 0.266 e. The average Bonchev–Trinajstić information content (AvgIpc) is 2.80. The van der Waals surface area contributed by atoms with E-state index in [4.69, 9.17) is 5.26 Å². The van der Waals surface area contributed by atoms with E-state index < -0.39 is 17.2 Å². The van der Waals surface area contributed by atoms with Crippen LogP contribution in [0.4, 0.5) is 8.78 Å². The van der Waals surface area contributed by atoms with E-state index >= 15 is 0 Å². The van der Waals surface area contributed by atoms with Gasteiger partial charge >= 0.3 is 0 Å². The second kappa shape index (κ2) is 4.81. The summed E-state index contributed by atoms with van der Waals surface area (Å²) < 4.78 is 30.8. The first-order valence-electron chi connectivity index (χ1n) is 6.51. The van der Waals surface area contributed by atoms with Crippen LogP contribution in [0, 0.1) is 29.9 Å². The number of hydrogen-bond donors (Lipinski definition) is 1. The third-order valence-electron chi connectivity index (χ3n) is 3.63. The highest BCUT2D eigenvalue weighted by Gasteiger charge is 2.21. The lowest BCUT2D eigenvalue weighted by Crippen LogP contribution is -2.13. The number of aromatic nitrogens is 2. The van der Waals surface area contributed by atoms with Gasteiger partial charge in [-0.15, -0.1) is 0 Å². The van der Waals surface area contributed by atoms with Crippen LogP contribution in [-0.4, -0.2) is 9.55 Å². The van der Waals surface area contributed by atoms with Crippen LogP contribution < -0.4 is 5.56 Å². The normalized spacial score (nSPS) is 10.9. The molecule has 4 nitrogen and oxygen atoms in total. The monoisotopic (exact) mass is 299 g/mol. The van der Waals surface area contributed by atoms with Gasteiger partial charge in [-0.05, 0) is 25.1 Å². The van der Waals surface area contributed by atoms with Crippen LogP contribution in [0.2, 0.25) is 0 Å². The first kappa shape index (κ1) is 14.0. The number of pyridine rings is 1. The van der Waals surface area contributed by atoms with Crippen LogP contribution >= 0.6 is 0 Å². The minimum absolute atomic E-state index is 0.0375. The fraction of sp³-hybridized carbons (Fsp3) is 0.125. The molecule has 0 saturated heterocycles. The van der Waals surface area contributed by atoms with Crippen molar-refractivity contribution in [2.24, 2.45) is 7.05 Å². The van der Waals surface area contributed by atoms with Crippen LogP contribution in [0.5, 0.6) is 0 Å². The molecule has 0 amide bonds. The highest BCUT2D eigenvalue weighted by Crippen LogP contribution is 2.33. The molecule has 0 saturated carbocycles. The van der Waals surface area contributed by atoms with Crippen molar-refractivity contribution < 1.29 is 8.78 Å². The molecule has 0 aliphatic rings. The molecule has 110 valence electrons. The van der Waals surface area contributed by atoms with E-state index in [0.717, 1.165) is 0 Å². The number of rotatable bonds is 1. The van der Waals surface area contributed by atoms with Crippen molar-refractivity contribution in [3.05, 3.63) is 57.6 Å². The Morgan fingerprint density at radius 3 is 2.73 bits per heavy atom. The number of fused-ring (bicyclic) bond motifs is 1. The van der Waals surface area contributed by atoms with Gasteiger partial charge in [0.2, 0.25) is 0 Å². The molecule has 0 radical (unpaired) electrons. The summed E-state index contributed by atoms with van der Waals surface area (Å²) in [7, 11) is 1.68. The molecule has 0 fully saturated rings. The summed E-state index contributed by atoms with van der Waals surface area (Å²) in [5.41, 5.74) is -0.540. The molecule has 2 heterocycles. The highest BCUT2D eigenvalue weighted by atomic mass is 19.1. The van der Waals surface area contributed by atoms with Crippen LogP contribution in [-0.2, 0) is 7.05 Å². The lowest BCUT2D eigenvalue weighted by atomic mass is 9.98. The molecule has 3 rings (SSSR count). The van der Waals surface area contributed by atoms with E-state index in [9.17, 15) is 13.6 Å². The molecule has 0 aliphatic heterocycles. The minimum atomic E-state index is -0.812. The standard InChI is InChI=1S/C16H11F2N3O/c1-8-5-10(11(7-19)16(22)20-8)14-12(17)6-13-9(15(14)18)3-4-21(13)2/h3-6H,1-2H3,(H,20,22). The summed E-state index contributed by atoms with van der Waals surface area (Å²) in [6.07, 6.45) is 1.62. The van der Waals surface area contributed by atoms with E-state index in [1.165, 1.54) is 18.2 Å². The second-order valence-corrected chi connectivity index (χ2v) is 5.09. The summed E-state index contributed by atoms with van der Waals surface area (Å²) >= 11 is 0. The van der Waals surface area contributed by atoms with Crippen LogP contribution in [0.15, 0.2) is 29.2 Å². The number of aromatic amines is 1. The molecule has 0 atom stereocenters. The number of hydrogen-bond acceptors (Lipinski definition) is 2. The van der Waals surface area contributed by atoms with E-state index in [1.54, 1.807) is 30.8 Å². The Balaban J connectivity index is 2.47. The third kappa shape index (κ3) is 1.91. The van der Waals surface area contributed by atoms with Gasteiger partial charge in [-0.2, -0.15) is 5.26 Å². The summed E-state index contributed by atoms with van der Waals surface area (Å²) in [6.45, 7) is 1.59. The molecule has 0 spiro atoms. The van der Waals surface area contributed by atoms with E-state index in [-0.39, 0.29) is 22.1 Å². The molecule has 1 aromatic carbocycles. The van der Waals surface area contributed by atoms with E-state index in [0.29, 0.717) is 11.2 Å². The van der Waals surface area contributed by atoms with Crippen molar-refractivity contribution in [2.75, 3.05) is 0 Å². The average molecular weight is 299 g/mol. The summed E-state index contributed by atoms with van der Waals surface area (Å²) in [6, 6.07) is 5.84. The zero-order valence-corrected chi connectivity index (χ0v) is 11.9. The number of nitriles is 1. The van der Waals surface area contributed by atoms with Gasteiger partial charge in [0.05, 0.1) is 11.1 Å². The summed E-state index contributed by atoms with van der Waals surface area (Å²) in [4.78, 5) is 14.3. The second-order valence-electron chi connectivity index (χ2n) is 5.09. The number of H-pyrrole nitrogens is 1. The van der Waals surface area contributed by atoms with Crippen molar-refractivity contribution in [3.8, 4) is 17.2 Å². The Morgan fingerprint density at radius 1 is 1.32 bits per heavy atom. The van der Waals surface area contributed by atoms with Crippen molar-refractivity contribution in [2.45, 2.75) is 6.92 Å². The first-order valence-corrected chi connectivity index (χ1v) is 6.51. The number of halogens is 2. The Kier molecular flexibility index (Phi) is 3.06. The Morgan fingerprint density at radius 2 is 2.05 bits per heavy atom. The van der Waals surface area contributed by atoms with Crippen LogP contribution in [0.3, 0.4) is 0 Å². The fourth-order valence-corrected chi connectivity index (χ4v) is 2.58. The Labute approximate surface area is 124 Å². The van der Waals surface area contributed by atoms with Crippen molar-refractivity contribution in [3.63, 3.8) is 0 Å². The Bertz CT molecular complexity index is 1010. The van der Waals surface area contributed by atoms with Crippen LogP contribution in [0.25, 0.3) is 22.0 Å². The molecule has 0 bridgehead atoms. The lowest BCUT2D eigenvalue weighted by molar-refractivity contribution is 0.597. The van der Waals surface area contributed by atoms with Crippen molar-refractivity contribution in [1.82, 2.24) is 9.55 Å². The predicted molar refractivity (Wildman–Crippen MR) is 78.3 cm³/mol. The maximum atomic E-state index is 14.7. The third-order valence-corrected chi connectivity index (χ3v) is 3.63. The fourth-order valence-electron chi connectivity index (χ4n) is 2.58. The molecule has 0 unspecified atom stereocenters. The molecule has 22 heavy (non-hydrogen) atoms. The van der Waals surface area contributed by atoms with Gasteiger partial charge in [-0.25, -0.2) is 8.78 Å². The maximum Gasteiger partial charge on any atom is 0.266 e. The van der Waals surface area contributed by atoms with Gasteiger partial charge in [-0.1, -0.05) is 0 Å². The van der Waals surface area contributed by atoms with E-state index in [2.05, 4.69) is 4.98 Å². The topological polar surface area (TPSA) is 61.6 Å². The number of nitrogens with zero attached hydrogens (tertiary/aromatic N) is 2. The molecule has 6 heteroatoms. The zero-order chi connectivity index (χ0) is 16.0. The molecule has 1 N–H and O–H groups in total. The van der Waals surface area contributed by atoms with Crippen molar-refractivity contribution >= 4 is 10.9 Å². The van der Waals surface area contributed by atoms with Gasteiger partial charge in [0.25, 0.3) is 5.56 Å². The molecule has 2 aromatic heterocycles. The maximum absolute atomic E-state index is 14.7. The lowest BCUT2D eigenvalue weighted by Gasteiger charge is -2.09. The number of aryl methyl sites for hydroxylation is 2. The summed E-state index contributed by atoms with van der Waals surface area (Å²) in [5.74, 6) is -1.59. The highest BCUT2D eigenvalue weighted by molar-refractivity contribution is 5.88. The SMILES string of the molecule is Cc1cc(-c2c(F)cc3c(ccn3C)c2F)c(C#N)c(=O)[nH]1. The first-order chi connectivity index (χ1) is 10.4. The number of benzene rings is 1. The number of nitrogens with one attached hydrogen (secondary N) is 1. The largest absolute Gasteiger partial charge is 0.350 e. The molecule has 0 aliphatic carbocycles. The minimum Gasteiger partial charge on any atom is -0.350 e. The van der Waals surface area contributed by atoms with E-state index in [1.807, 2.05) is 0 Å². The van der Waals surface area contributed by atoms with Gasteiger partial charge in [0.15, 0.2) is 0 Å². The van der Waals surface area contributed by atoms with Gasteiger partial charge in [0.1, 0.15) is 23.3 Å². The Hall–Kier alpha value is -2.94. The molecule has 3 aromatic rings. The summed E-state index contributed by atoms with van der Waals surface area (Å²) in [5, 5.41) is 9.37. The van der Waals surface area contributed by atoms with Gasteiger partial charge in [0, 0.05) is 29.9 Å². The van der Waals surface area contributed by atoms with Crippen LogP contribution in [0.1, 0.15) is 11.3 Å². The van der Waals surface area contributed by atoms with Gasteiger partial charge in [-0.3, -0.25) is 4.79 Å². The quantitative estimate of drug-likeness (QED) is 0.751. The van der Waals surface area contributed by atoms with Gasteiger partial charge < -0.3 is 9.55 Å². The molecular weight excluding hydrogens is 288 g/mol. The molecular formula is C16H11F2N3O.